The number of thiophene rings is 1. The van der Waals surface area contributed by atoms with E-state index in [1.807, 2.05) is 43.6 Å². The third-order valence-electron chi connectivity index (χ3n) is 12.9. The molecule has 0 radical (unpaired) electrons. The molecule has 63 heavy (non-hydrogen) atoms. The zero-order valence-electron chi connectivity index (χ0n) is 36.3. The lowest BCUT2D eigenvalue weighted by Crippen LogP contribution is -2.56. The van der Waals surface area contributed by atoms with Crippen LogP contribution in [-0.2, 0) is 28.5 Å². The number of benzene rings is 2. The molecule has 0 bridgehead atoms. The lowest BCUT2D eigenvalue weighted by Gasteiger charge is -2.34. The third-order valence-corrected chi connectivity index (χ3v) is 14.1. The summed E-state index contributed by atoms with van der Waals surface area (Å²) in [5.41, 5.74) is 5.81. The molecule has 4 amide bonds. The first-order valence-electron chi connectivity index (χ1n) is 22.5. The molecule has 2 aromatic carbocycles. The SMILES string of the molecule is CC(C)[C@H](NC(=O)O[C@H]1CCOC1)C(=O)N1CCC[C@H]1c1nc2cc(-c3ccc(-c4ccc5c(c4)NC([C@@H]4CCCN4C(=O)[C@@H](NC(=O)O[C@H]4CCOC4)C(C)C)N5)s3)ccc2[nH]1. The number of hydrogen-bond acceptors (Lipinski definition) is 12. The highest BCUT2D eigenvalue weighted by Gasteiger charge is 2.42. The second kappa shape index (κ2) is 18.4. The number of carbonyl (C=O) groups is 4. The van der Waals surface area contributed by atoms with Gasteiger partial charge in [0.05, 0.1) is 60.9 Å². The Balaban J connectivity index is 0.845. The molecular weight excluding hydrogens is 825 g/mol. The van der Waals surface area contributed by atoms with Gasteiger partial charge in [-0.15, -0.1) is 11.3 Å². The predicted octanol–water partition coefficient (Wildman–Crippen LogP) is 6.86. The number of aromatic amines is 1. The average Bonchev–Trinajstić information content (AvgIpc) is 4.12. The van der Waals surface area contributed by atoms with Gasteiger partial charge in [0.2, 0.25) is 11.8 Å². The molecule has 0 saturated carbocycles. The first kappa shape index (κ1) is 42.9. The number of amides is 4. The van der Waals surface area contributed by atoms with E-state index in [-0.39, 0.29) is 54.1 Å². The summed E-state index contributed by atoms with van der Waals surface area (Å²) < 4.78 is 21.7. The Labute approximate surface area is 371 Å². The van der Waals surface area contributed by atoms with Crippen molar-refractivity contribution in [2.24, 2.45) is 11.8 Å². The maximum atomic E-state index is 14.0. The number of likely N-dealkylation sites (tertiary alicyclic amines) is 2. The summed E-state index contributed by atoms with van der Waals surface area (Å²) in [5.74, 6) is 0.252. The fourth-order valence-corrected chi connectivity index (χ4v) is 10.4. The van der Waals surface area contributed by atoms with Gasteiger partial charge in [0.25, 0.3) is 0 Å². The monoisotopic (exact) mass is 882 g/mol. The molecule has 4 fully saturated rings. The number of ether oxygens (including phenoxy) is 4. The van der Waals surface area contributed by atoms with Crippen LogP contribution >= 0.6 is 11.3 Å². The van der Waals surface area contributed by atoms with Crippen LogP contribution in [0.15, 0.2) is 48.5 Å². The van der Waals surface area contributed by atoms with Crippen LogP contribution in [-0.4, -0.2) is 120 Å². The molecule has 4 saturated heterocycles. The van der Waals surface area contributed by atoms with Gasteiger partial charge in [0.15, 0.2) is 0 Å². The van der Waals surface area contributed by atoms with Crippen molar-refractivity contribution in [3.05, 3.63) is 54.4 Å². The van der Waals surface area contributed by atoms with Gasteiger partial charge < -0.3 is 55.0 Å². The van der Waals surface area contributed by atoms with Crippen LogP contribution in [0.3, 0.4) is 0 Å². The van der Waals surface area contributed by atoms with Crippen LogP contribution in [0.2, 0.25) is 0 Å². The van der Waals surface area contributed by atoms with Gasteiger partial charge in [-0.05, 0) is 85.0 Å². The molecule has 5 aliphatic rings. The topological polar surface area (TPSA) is 188 Å². The van der Waals surface area contributed by atoms with E-state index in [0.29, 0.717) is 52.4 Å². The Kier molecular flexibility index (Phi) is 12.5. The minimum atomic E-state index is -0.722. The molecule has 7 heterocycles. The Morgan fingerprint density at radius 1 is 0.730 bits per heavy atom. The molecule has 17 heteroatoms. The Bertz CT molecular complexity index is 2320. The number of hydrogen-bond donors (Lipinski definition) is 5. The highest BCUT2D eigenvalue weighted by atomic mass is 32.1. The van der Waals surface area contributed by atoms with Gasteiger partial charge in [-0.1, -0.05) is 39.8 Å². The first-order chi connectivity index (χ1) is 30.5. The summed E-state index contributed by atoms with van der Waals surface area (Å²) in [6.07, 6.45) is 2.70. The number of aromatic nitrogens is 2. The Morgan fingerprint density at radius 2 is 1.32 bits per heavy atom. The number of nitrogens with zero attached hydrogens (tertiary/aromatic N) is 3. The van der Waals surface area contributed by atoms with Crippen molar-refractivity contribution < 1.29 is 38.1 Å². The number of imidazole rings is 1. The minimum Gasteiger partial charge on any atom is -0.444 e. The van der Waals surface area contributed by atoms with Crippen LogP contribution in [0.25, 0.3) is 31.9 Å². The van der Waals surface area contributed by atoms with E-state index < -0.39 is 24.3 Å². The van der Waals surface area contributed by atoms with Crippen LogP contribution in [0.1, 0.15) is 78.1 Å². The first-order valence-corrected chi connectivity index (χ1v) is 23.3. The van der Waals surface area contributed by atoms with Crippen molar-refractivity contribution in [3.8, 4) is 20.9 Å². The molecule has 7 atom stereocenters. The fourth-order valence-electron chi connectivity index (χ4n) is 9.44. The van der Waals surface area contributed by atoms with Gasteiger partial charge in [0.1, 0.15) is 36.3 Å². The quantitative estimate of drug-likeness (QED) is 0.100. The van der Waals surface area contributed by atoms with E-state index in [9.17, 15) is 19.2 Å². The van der Waals surface area contributed by atoms with Crippen LogP contribution in [0, 0.1) is 11.8 Å². The number of rotatable bonds is 12. The van der Waals surface area contributed by atoms with Gasteiger partial charge in [-0.2, -0.15) is 0 Å². The zero-order valence-corrected chi connectivity index (χ0v) is 37.1. The molecule has 0 aliphatic carbocycles. The van der Waals surface area contributed by atoms with Gasteiger partial charge >= 0.3 is 12.2 Å². The summed E-state index contributed by atoms with van der Waals surface area (Å²) in [7, 11) is 0. The molecule has 5 N–H and O–H groups in total. The lowest BCUT2D eigenvalue weighted by atomic mass is 10.0. The number of carbonyl (C=O) groups excluding carboxylic acids is 4. The molecule has 9 rings (SSSR count). The van der Waals surface area contributed by atoms with Crippen molar-refractivity contribution in [1.82, 2.24) is 30.4 Å². The van der Waals surface area contributed by atoms with E-state index in [1.54, 1.807) is 11.3 Å². The lowest BCUT2D eigenvalue weighted by molar-refractivity contribution is -0.136. The van der Waals surface area contributed by atoms with E-state index in [4.69, 9.17) is 23.9 Å². The minimum absolute atomic E-state index is 0.0966. The zero-order chi connectivity index (χ0) is 43.8. The summed E-state index contributed by atoms with van der Waals surface area (Å²) in [5, 5.41) is 13.0. The van der Waals surface area contributed by atoms with Crippen molar-refractivity contribution in [3.63, 3.8) is 0 Å². The summed E-state index contributed by atoms with van der Waals surface area (Å²) >= 11 is 1.71. The number of anilines is 2. The molecule has 2 aromatic heterocycles. The summed E-state index contributed by atoms with van der Waals surface area (Å²) in [6.45, 7) is 10.8. The van der Waals surface area contributed by atoms with Gasteiger partial charge in [0, 0.05) is 35.7 Å². The van der Waals surface area contributed by atoms with Crippen molar-refractivity contribution in [2.75, 3.05) is 50.2 Å². The third kappa shape index (κ3) is 9.18. The maximum absolute atomic E-state index is 14.0. The number of alkyl carbamates (subject to hydrolysis) is 2. The van der Waals surface area contributed by atoms with E-state index >= 15 is 0 Å². The van der Waals surface area contributed by atoms with E-state index in [1.165, 1.54) is 0 Å². The number of H-pyrrole nitrogens is 1. The summed E-state index contributed by atoms with van der Waals surface area (Å²) in [6, 6.07) is 15.1. The number of fused-ring (bicyclic) bond motifs is 2. The highest BCUT2D eigenvalue weighted by molar-refractivity contribution is 7.18. The average molecular weight is 883 g/mol. The second-order valence-electron chi connectivity index (χ2n) is 18.0. The molecule has 5 aliphatic heterocycles. The molecule has 16 nitrogen and oxygen atoms in total. The van der Waals surface area contributed by atoms with Gasteiger partial charge in [-0.3, -0.25) is 9.59 Å². The van der Waals surface area contributed by atoms with Crippen LogP contribution in [0.5, 0.6) is 0 Å². The standard InChI is InChI=1S/C46H58N8O8S/c1-25(2)39(51-45(57)61-29-15-19-59-23-29)43(55)53-17-5-7-35(53)41-47-31-11-9-27(21-33(31)49-41)37-13-14-38(63-37)28-10-12-32-34(22-28)50-42(48-32)36-8-6-18-54(36)44(56)40(26(3)4)52-46(58)62-30-16-20-60-24-30/h9-14,21-22,25-26,29-30,35-36,39-41,47,49H,5-8,15-20,23-24H2,1-4H3,(H,48,50)(H,51,57)(H,52,58)/t29-,30-,35-,36-,39-,40-,41?/m0/s1. The van der Waals surface area contributed by atoms with E-state index in [2.05, 4.69) is 68.7 Å². The molecule has 1 unspecified atom stereocenters. The molecular formula is C46H58N8O8S. The smallest absolute Gasteiger partial charge is 0.408 e. The normalized spacial score (nSPS) is 24.1. The maximum Gasteiger partial charge on any atom is 0.408 e. The van der Waals surface area contributed by atoms with Crippen LogP contribution < -0.4 is 21.3 Å². The Hall–Kier alpha value is -5.39. The Morgan fingerprint density at radius 3 is 1.95 bits per heavy atom. The molecule has 0 spiro atoms. The molecule has 336 valence electrons. The largest absolute Gasteiger partial charge is 0.444 e. The number of nitrogens with one attached hydrogen (secondary N) is 5. The second-order valence-corrected chi connectivity index (χ2v) is 19.1. The van der Waals surface area contributed by atoms with Crippen molar-refractivity contribution in [1.29, 1.82) is 0 Å². The van der Waals surface area contributed by atoms with Gasteiger partial charge in [-0.25, -0.2) is 14.6 Å². The summed E-state index contributed by atoms with van der Waals surface area (Å²) in [4.78, 5) is 67.9. The van der Waals surface area contributed by atoms with Crippen molar-refractivity contribution in [2.45, 2.75) is 109 Å². The predicted molar refractivity (Wildman–Crippen MR) is 239 cm³/mol. The fraction of sp³-hybridized carbons (Fsp3) is 0.543. The van der Waals surface area contributed by atoms with Crippen LogP contribution in [0.4, 0.5) is 21.0 Å². The highest BCUT2D eigenvalue weighted by Crippen LogP contribution is 2.41. The van der Waals surface area contributed by atoms with E-state index in [0.717, 1.165) is 74.8 Å². The van der Waals surface area contributed by atoms with Crippen molar-refractivity contribution >= 4 is 57.7 Å². The molecule has 4 aromatic rings.